The molecule has 0 aromatic heterocycles. The van der Waals surface area contributed by atoms with E-state index in [0.29, 0.717) is 0 Å². The summed E-state index contributed by atoms with van der Waals surface area (Å²) >= 11 is 0. The largest absolute Gasteiger partial charge is 0.449 e. The summed E-state index contributed by atoms with van der Waals surface area (Å²) in [4.78, 5) is 0. The minimum Gasteiger partial charge on any atom is -0.449 e. The normalized spacial score (nSPS) is 12.6. The van der Waals surface area contributed by atoms with Crippen molar-refractivity contribution in [1.82, 2.24) is 0 Å². The highest BCUT2D eigenvalue weighted by molar-refractivity contribution is 6.16. The fourth-order valence-electron chi connectivity index (χ4n) is 7.43. The first-order valence-corrected chi connectivity index (χ1v) is 15.9. The van der Waals surface area contributed by atoms with Crippen molar-refractivity contribution in [2.24, 2.45) is 0 Å². The summed E-state index contributed by atoms with van der Waals surface area (Å²) < 4.78 is 13.2. The summed E-state index contributed by atoms with van der Waals surface area (Å²) in [5.74, 6) is 3.00. The predicted molar refractivity (Wildman–Crippen MR) is 193 cm³/mol. The highest BCUT2D eigenvalue weighted by Crippen LogP contribution is 2.53. The van der Waals surface area contributed by atoms with Gasteiger partial charge in [0.15, 0.2) is 23.0 Å². The van der Waals surface area contributed by atoms with Gasteiger partial charge in [-0.15, -0.1) is 0 Å². The van der Waals surface area contributed by atoms with Crippen molar-refractivity contribution in [1.29, 1.82) is 0 Å². The predicted octanol–water partition coefficient (Wildman–Crippen LogP) is 12.8. The maximum absolute atomic E-state index is 6.66. The van der Waals surface area contributed by atoms with Crippen molar-refractivity contribution >= 4 is 43.1 Å². The van der Waals surface area contributed by atoms with Gasteiger partial charge in [0, 0.05) is 10.8 Å². The van der Waals surface area contributed by atoms with E-state index in [0.717, 1.165) is 55.7 Å². The molecule has 0 fully saturated rings. The van der Waals surface area contributed by atoms with Gasteiger partial charge < -0.3 is 9.47 Å². The van der Waals surface area contributed by atoms with E-state index in [-0.39, 0.29) is 5.41 Å². The average molecular weight is 593 g/mol. The molecule has 0 N–H and O–H groups in total. The number of ether oxygens (including phenoxy) is 2. The molecular weight excluding hydrogens is 560 g/mol. The van der Waals surface area contributed by atoms with E-state index in [1.165, 1.54) is 38.2 Å². The van der Waals surface area contributed by atoms with Crippen LogP contribution < -0.4 is 9.47 Å². The molecule has 0 spiro atoms. The van der Waals surface area contributed by atoms with Crippen molar-refractivity contribution in [3.8, 4) is 45.3 Å². The standard InChI is InChI=1S/C44H32O2/c1-44(2,3)41-34-16-8-6-14-32(34)40(33-15-7-9-17-35(33)41)28-22-20-27(21-23-28)29-24-25-38-39(26-29)46-43-37-19-11-5-13-31(37)30-12-4-10-18-36(30)42(43)45-38/h4-26H,1-3H3. The first-order chi connectivity index (χ1) is 22.5. The maximum atomic E-state index is 6.66. The second-order valence-corrected chi connectivity index (χ2v) is 13.3. The number of rotatable bonds is 2. The Kier molecular flexibility index (Phi) is 5.79. The van der Waals surface area contributed by atoms with Crippen molar-refractivity contribution in [2.45, 2.75) is 26.2 Å². The van der Waals surface area contributed by atoms with Gasteiger partial charge in [-0.25, -0.2) is 0 Å². The van der Waals surface area contributed by atoms with Crippen molar-refractivity contribution in [3.05, 3.63) is 145 Å². The second kappa shape index (κ2) is 9.95. The van der Waals surface area contributed by atoms with Crippen LogP contribution in [0, 0.1) is 0 Å². The summed E-state index contributed by atoms with van der Waals surface area (Å²) in [6, 6.07) is 49.7. The van der Waals surface area contributed by atoms with Crippen molar-refractivity contribution in [3.63, 3.8) is 0 Å². The Morgan fingerprint density at radius 3 is 1.30 bits per heavy atom. The fraction of sp³-hybridized carbons (Fsp3) is 0.0909. The minimum atomic E-state index is 0.0136. The summed E-state index contributed by atoms with van der Waals surface area (Å²) in [6.45, 7) is 6.94. The van der Waals surface area contributed by atoms with Gasteiger partial charge in [0.2, 0.25) is 0 Å². The van der Waals surface area contributed by atoms with Crippen LogP contribution in [0.25, 0.3) is 65.3 Å². The molecule has 8 aromatic rings. The van der Waals surface area contributed by atoms with Gasteiger partial charge in [0.25, 0.3) is 0 Å². The SMILES string of the molecule is CC(C)(C)c1c2ccccc2c(-c2ccc(-c3ccc4c(c3)Oc3c(c5ccccc5c5ccccc35)O4)cc2)c2ccccc12. The molecule has 0 unspecified atom stereocenters. The molecule has 1 aliphatic rings. The molecule has 8 aromatic carbocycles. The smallest absolute Gasteiger partial charge is 0.178 e. The third-order valence-electron chi connectivity index (χ3n) is 9.40. The summed E-state index contributed by atoms with van der Waals surface area (Å²) in [5, 5.41) is 9.64. The molecule has 1 heterocycles. The topological polar surface area (TPSA) is 18.5 Å². The van der Waals surface area contributed by atoms with Gasteiger partial charge in [0.05, 0.1) is 0 Å². The minimum absolute atomic E-state index is 0.0136. The molecule has 0 radical (unpaired) electrons. The Morgan fingerprint density at radius 1 is 0.370 bits per heavy atom. The molecule has 0 bridgehead atoms. The molecule has 0 aliphatic carbocycles. The van der Waals surface area contributed by atoms with Gasteiger partial charge in [-0.1, -0.05) is 148 Å². The quantitative estimate of drug-likeness (QED) is 0.147. The van der Waals surface area contributed by atoms with Gasteiger partial charge in [-0.05, 0) is 77.7 Å². The first kappa shape index (κ1) is 26.8. The summed E-state index contributed by atoms with van der Waals surface area (Å²) in [7, 11) is 0. The molecule has 0 atom stereocenters. The Balaban J connectivity index is 1.14. The number of fused-ring (bicyclic) bond motifs is 9. The molecule has 0 saturated heterocycles. The molecule has 0 saturated carbocycles. The van der Waals surface area contributed by atoms with Crippen LogP contribution in [0.2, 0.25) is 0 Å². The van der Waals surface area contributed by atoms with Crippen LogP contribution in [-0.4, -0.2) is 0 Å². The first-order valence-electron chi connectivity index (χ1n) is 15.9. The summed E-state index contributed by atoms with van der Waals surface area (Å²) in [6.07, 6.45) is 0. The second-order valence-electron chi connectivity index (χ2n) is 13.3. The van der Waals surface area contributed by atoms with E-state index in [1.807, 2.05) is 12.1 Å². The molecule has 46 heavy (non-hydrogen) atoms. The van der Waals surface area contributed by atoms with Gasteiger partial charge in [-0.2, -0.15) is 0 Å². The van der Waals surface area contributed by atoms with Crippen molar-refractivity contribution < 1.29 is 9.47 Å². The van der Waals surface area contributed by atoms with Crippen LogP contribution >= 0.6 is 0 Å². The molecular formula is C44H32O2. The lowest BCUT2D eigenvalue weighted by molar-refractivity contribution is 0.367. The Labute approximate surface area is 268 Å². The Bertz CT molecular complexity index is 2440. The Morgan fingerprint density at radius 2 is 0.783 bits per heavy atom. The summed E-state index contributed by atoms with van der Waals surface area (Å²) in [5.41, 5.74) is 6.12. The third-order valence-corrected chi connectivity index (χ3v) is 9.40. The molecule has 1 aliphatic heterocycles. The molecule has 2 nitrogen and oxygen atoms in total. The molecule has 9 rings (SSSR count). The number of hydrogen-bond donors (Lipinski definition) is 0. The van der Waals surface area contributed by atoms with E-state index < -0.39 is 0 Å². The zero-order valence-corrected chi connectivity index (χ0v) is 26.1. The average Bonchev–Trinajstić information content (AvgIpc) is 3.09. The highest BCUT2D eigenvalue weighted by Gasteiger charge is 2.26. The van der Waals surface area contributed by atoms with Crippen LogP contribution in [0.15, 0.2) is 140 Å². The monoisotopic (exact) mass is 592 g/mol. The van der Waals surface area contributed by atoms with E-state index in [4.69, 9.17) is 9.47 Å². The van der Waals surface area contributed by atoms with Crippen LogP contribution in [0.4, 0.5) is 0 Å². The Hall–Kier alpha value is -5.60. The van der Waals surface area contributed by atoms with E-state index in [2.05, 4.69) is 148 Å². The third kappa shape index (κ3) is 4.03. The van der Waals surface area contributed by atoms with Crippen molar-refractivity contribution in [2.75, 3.05) is 0 Å². The lowest BCUT2D eigenvalue weighted by atomic mass is 9.78. The molecule has 2 heteroatoms. The zero-order valence-electron chi connectivity index (χ0n) is 26.1. The number of benzene rings is 8. The molecule has 220 valence electrons. The lowest BCUT2D eigenvalue weighted by Gasteiger charge is -2.26. The van der Waals surface area contributed by atoms with Crippen LogP contribution in [0.1, 0.15) is 26.3 Å². The van der Waals surface area contributed by atoms with Crippen LogP contribution in [-0.2, 0) is 5.41 Å². The number of hydrogen-bond acceptors (Lipinski definition) is 2. The van der Waals surface area contributed by atoms with E-state index in [9.17, 15) is 0 Å². The maximum Gasteiger partial charge on any atom is 0.178 e. The lowest BCUT2D eigenvalue weighted by Crippen LogP contribution is -2.13. The highest BCUT2D eigenvalue weighted by atomic mass is 16.6. The van der Waals surface area contributed by atoms with Gasteiger partial charge in [-0.3, -0.25) is 0 Å². The zero-order chi connectivity index (χ0) is 31.0. The van der Waals surface area contributed by atoms with E-state index in [1.54, 1.807) is 0 Å². The van der Waals surface area contributed by atoms with Gasteiger partial charge in [0.1, 0.15) is 0 Å². The fourth-order valence-corrected chi connectivity index (χ4v) is 7.43. The van der Waals surface area contributed by atoms with Gasteiger partial charge >= 0.3 is 0 Å². The molecule has 0 amide bonds. The van der Waals surface area contributed by atoms with Crippen LogP contribution in [0.3, 0.4) is 0 Å². The van der Waals surface area contributed by atoms with Crippen LogP contribution in [0.5, 0.6) is 23.0 Å². The van der Waals surface area contributed by atoms with E-state index >= 15 is 0 Å².